The van der Waals surface area contributed by atoms with Crippen LogP contribution < -0.4 is 0 Å². The largest absolute Gasteiger partial charge is 0.383 e. The van der Waals surface area contributed by atoms with Crippen LogP contribution in [-0.4, -0.2) is 67.6 Å². The smallest absolute Gasteiger partial charge is 0.0589 e. The molecule has 1 saturated heterocycles. The van der Waals surface area contributed by atoms with Gasteiger partial charge in [-0.25, -0.2) is 4.31 Å². The summed E-state index contributed by atoms with van der Waals surface area (Å²) in [6.07, 6.45) is 0. The van der Waals surface area contributed by atoms with Crippen molar-refractivity contribution in [2.24, 2.45) is 0 Å². The molecule has 0 aliphatic carbocycles. The zero-order chi connectivity index (χ0) is 18.9. The highest BCUT2D eigenvalue weighted by atomic mass is 32.2. The van der Waals surface area contributed by atoms with Gasteiger partial charge < -0.3 is 4.74 Å². The average molecular weight is 386 g/mol. The van der Waals surface area contributed by atoms with Gasteiger partial charge in [-0.1, -0.05) is 42.5 Å². The van der Waals surface area contributed by atoms with E-state index in [0.717, 1.165) is 52.4 Å². The van der Waals surface area contributed by atoms with Gasteiger partial charge in [-0.15, -0.1) is 0 Å². The van der Waals surface area contributed by atoms with Gasteiger partial charge in [-0.05, 0) is 42.3 Å². The van der Waals surface area contributed by atoms with Crippen molar-refractivity contribution in [1.82, 2.24) is 14.1 Å². The molecule has 0 atom stereocenters. The molecule has 1 aliphatic rings. The first-order valence-electron chi connectivity index (χ1n) is 9.68. The number of hydrogen-bond donors (Lipinski definition) is 0. The van der Waals surface area contributed by atoms with Gasteiger partial charge in [-0.2, -0.15) is 0 Å². The molecule has 3 rings (SSSR count). The second kappa shape index (κ2) is 10.8. The van der Waals surface area contributed by atoms with Crippen LogP contribution in [0.15, 0.2) is 59.5 Å². The lowest BCUT2D eigenvalue weighted by Crippen LogP contribution is -2.46. The van der Waals surface area contributed by atoms with Crippen LogP contribution in [0.5, 0.6) is 0 Å². The highest BCUT2D eigenvalue weighted by Gasteiger charge is 2.16. The molecule has 4 nitrogen and oxygen atoms in total. The van der Waals surface area contributed by atoms with E-state index in [-0.39, 0.29) is 0 Å². The van der Waals surface area contributed by atoms with Gasteiger partial charge in [0.15, 0.2) is 0 Å². The predicted octanol–water partition coefficient (Wildman–Crippen LogP) is 3.59. The number of piperazine rings is 1. The van der Waals surface area contributed by atoms with E-state index < -0.39 is 0 Å². The molecule has 5 heteroatoms. The van der Waals surface area contributed by atoms with E-state index in [9.17, 15) is 0 Å². The van der Waals surface area contributed by atoms with E-state index in [1.54, 1.807) is 19.1 Å². The Kier molecular flexibility index (Phi) is 8.17. The van der Waals surface area contributed by atoms with Gasteiger partial charge in [0.05, 0.1) is 6.61 Å². The summed E-state index contributed by atoms with van der Waals surface area (Å²) >= 11 is 1.80. The molecule has 1 fully saturated rings. The molecular weight excluding hydrogens is 354 g/mol. The summed E-state index contributed by atoms with van der Waals surface area (Å²) in [7, 11) is 3.92. The second-order valence-corrected chi connectivity index (χ2v) is 8.39. The molecule has 0 saturated carbocycles. The number of ether oxygens (including phenoxy) is 1. The van der Waals surface area contributed by atoms with Crippen LogP contribution in [0.1, 0.15) is 11.1 Å². The van der Waals surface area contributed by atoms with E-state index in [4.69, 9.17) is 4.74 Å². The van der Waals surface area contributed by atoms with Crippen molar-refractivity contribution in [3.8, 4) is 0 Å². The van der Waals surface area contributed by atoms with Crippen LogP contribution in [0.3, 0.4) is 0 Å². The van der Waals surface area contributed by atoms with Crippen molar-refractivity contribution >= 4 is 11.9 Å². The number of benzene rings is 2. The summed E-state index contributed by atoms with van der Waals surface area (Å²) in [6, 6.07) is 19.7. The first kappa shape index (κ1) is 20.4. The first-order chi connectivity index (χ1) is 13.2. The molecule has 0 spiro atoms. The Balaban J connectivity index is 1.42. The molecule has 0 aromatic heterocycles. The zero-order valence-electron chi connectivity index (χ0n) is 16.5. The molecule has 0 radical (unpaired) electrons. The van der Waals surface area contributed by atoms with Gasteiger partial charge in [0.2, 0.25) is 0 Å². The summed E-state index contributed by atoms with van der Waals surface area (Å²) in [5.41, 5.74) is 2.74. The maximum atomic E-state index is 5.18. The van der Waals surface area contributed by atoms with Gasteiger partial charge in [0.1, 0.15) is 0 Å². The number of rotatable bonds is 9. The van der Waals surface area contributed by atoms with E-state index in [2.05, 4.69) is 75.8 Å². The lowest BCUT2D eigenvalue weighted by atomic mass is 10.2. The van der Waals surface area contributed by atoms with Crippen LogP contribution in [0, 0.1) is 0 Å². The molecule has 1 heterocycles. The fourth-order valence-electron chi connectivity index (χ4n) is 3.36. The number of methoxy groups -OCH3 is 1. The SMILES string of the molecule is COCCN1CCN(Cc2ccc(SN(C)Cc3ccccc3)cc2)CC1. The summed E-state index contributed by atoms with van der Waals surface area (Å²) < 4.78 is 7.46. The summed E-state index contributed by atoms with van der Waals surface area (Å²) in [4.78, 5) is 6.33. The van der Waals surface area contributed by atoms with E-state index in [1.807, 2.05) is 0 Å². The molecule has 2 aromatic rings. The third kappa shape index (κ3) is 6.94. The molecule has 2 aromatic carbocycles. The van der Waals surface area contributed by atoms with Crippen molar-refractivity contribution in [2.75, 3.05) is 53.5 Å². The predicted molar refractivity (Wildman–Crippen MR) is 114 cm³/mol. The third-order valence-corrected chi connectivity index (χ3v) is 5.84. The minimum atomic E-state index is 0.831. The summed E-state index contributed by atoms with van der Waals surface area (Å²) in [6.45, 7) is 8.43. The third-order valence-electron chi connectivity index (χ3n) is 4.92. The molecule has 27 heavy (non-hydrogen) atoms. The normalized spacial score (nSPS) is 16.1. The molecule has 0 bridgehead atoms. The van der Waals surface area contributed by atoms with Crippen molar-refractivity contribution in [2.45, 2.75) is 18.0 Å². The zero-order valence-corrected chi connectivity index (χ0v) is 17.3. The summed E-state index contributed by atoms with van der Waals surface area (Å²) in [5, 5.41) is 0. The minimum Gasteiger partial charge on any atom is -0.383 e. The van der Waals surface area contributed by atoms with Crippen molar-refractivity contribution in [3.05, 3.63) is 65.7 Å². The van der Waals surface area contributed by atoms with E-state index in [1.165, 1.54) is 16.0 Å². The minimum absolute atomic E-state index is 0.831. The Hall–Kier alpha value is -1.37. The molecule has 146 valence electrons. The highest BCUT2D eigenvalue weighted by Crippen LogP contribution is 2.23. The maximum Gasteiger partial charge on any atom is 0.0589 e. The Morgan fingerprint density at radius 3 is 2.22 bits per heavy atom. The Labute approximate surface area is 168 Å². The Morgan fingerprint density at radius 1 is 0.889 bits per heavy atom. The van der Waals surface area contributed by atoms with Gasteiger partial charge >= 0.3 is 0 Å². The standard InChI is InChI=1S/C22H31N3OS/c1-23(18-20-6-4-3-5-7-20)27-22-10-8-21(9-11-22)19-25-14-12-24(13-15-25)16-17-26-2/h3-11H,12-19H2,1-2H3. The maximum absolute atomic E-state index is 5.18. The van der Waals surface area contributed by atoms with E-state index >= 15 is 0 Å². The van der Waals surface area contributed by atoms with Crippen molar-refractivity contribution in [1.29, 1.82) is 0 Å². The fraction of sp³-hybridized carbons (Fsp3) is 0.455. The topological polar surface area (TPSA) is 19.0 Å². The molecule has 0 unspecified atom stereocenters. The molecule has 0 N–H and O–H groups in total. The summed E-state index contributed by atoms with van der Waals surface area (Å²) in [5.74, 6) is 0. The van der Waals surface area contributed by atoms with Crippen LogP contribution in [-0.2, 0) is 17.8 Å². The lowest BCUT2D eigenvalue weighted by Gasteiger charge is -2.34. The quantitative estimate of drug-likeness (QED) is 0.613. The Bertz CT molecular complexity index is 657. The second-order valence-electron chi connectivity index (χ2n) is 7.12. The average Bonchev–Trinajstić information content (AvgIpc) is 2.70. The van der Waals surface area contributed by atoms with Crippen LogP contribution in [0.2, 0.25) is 0 Å². The molecule has 0 amide bonds. The lowest BCUT2D eigenvalue weighted by molar-refractivity contribution is 0.0938. The highest BCUT2D eigenvalue weighted by molar-refractivity contribution is 7.97. The van der Waals surface area contributed by atoms with Crippen LogP contribution in [0.25, 0.3) is 0 Å². The van der Waals surface area contributed by atoms with Crippen LogP contribution in [0.4, 0.5) is 0 Å². The first-order valence-corrected chi connectivity index (χ1v) is 10.5. The van der Waals surface area contributed by atoms with Gasteiger partial charge in [0.25, 0.3) is 0 Å². The van der Waals surface area contributed by atoms with Gasteiger partial charge in [0, 0.05) is 57.8 Å². The fourth-order valence-corrected chi connectivity index (χ4v) is 4.19. The number of hydrogen-bond acceptors (Lipinski definition) is 5. The van der Waals surface area contributed by atoms with E-state index in [0.29, 0.717) is 0 Å². The monoisotopic (exact) mass is 385 g/mol. The van der Waals surface area contributed by atoms with Crippen molar-refractivity contribution in [3.63, 3.8) is 0 Å². The van der Waals surface area contributed by atoms with Crippen molar-refractivity contribution < 1.29 is 4.74 Å². The molecule has 1 aliphatic heterocycles. The van der Waals surface area contributed by atoms with Crippen LogP contribution >= 0.6 is 11.9 Å². The number of nitrogens with zero attached hydrogens (tertiary/aromatic N) is 3. The Morgan fingerprint density at radius 2 is 1.56 bits per heavy atom. The molecular formula is C22H31N3OS. The van der Waals surface area contributed by atoms with Gasteiger partial charge in [-0.3, -0.25) is 9.80 Å².